The van der Waals surface area contributed by atoms with Gasteiger partial charge in [0.25, 0.3) is 0 Å². The highest BCUT2D eigenvalue weighted by Gasteiger charge is 2.18. The van der Waals surface area contributed by atoms with Crippen LogP contribution in [0.1, 0.15) is 16.8 Å². The van der Waals surface area contributed by atoms with E-state index < -0.39 is 18.0 Å². The summed E-state index contributed by atoms with van der Waals surface area (Å²) in [4.78, 5) is 35.3. The summed E-state index contributed by atoms with van der Waals surface area (Å²) in [7, 11) is 2.61. The number of esters is 1. The highest BCUT2D eigenvalue weighted by Crippen LogP contribution is 2.29. The molecule has 0 spiro atoms. The fourth-order valence-corrected chi connectivity index (χ4v) is 1.83. The third kappa shape index (κ3) is 4.78. The van der Waals surface area contributed by atoms with Crippen molar-refractivity contribution in [1.29, 1.82) is 0 Å². The Kier molecular flexibility index (Phi) is 6.45. The fourth-order valence-electron chi connectivity index (χ4n) is 1.50. The molecule has 0 aromatic heterocycles. The van der Waals surface area contributed by atoms with Gasteiger partial charge in [-0.15, -0.1) is 0 Å². The molecule has 1 aromatic rings. The highest BCUT2D eigenvalue weighted by atomic mass is 35.5. The number of benzene rings is 1. The summed E-state index contributed by atoms with van der Waals surface area (Å²) in [5, 5.41) is 11.4. The Bertz CT molecular complexity index is 606. The number of carbonyl (C=O) groups excluding carboxylic acids is 2. The minimum atomic E-state index is -1.02. The molecule has 1 aromatic carbocycles. The number of ether oxygens (including phenoxy) is 1. The number of nitrogens with one attached hydrogen (secondary N) is 1. The molecular formula is C13H14Cl2N2O5. The number of methoxy groups -OCH3 is 1. The number of carboxylic acid groups (broad SMARTS) is 1. The van der Waals surface area contributed by atoms with E-state index in [0.29, 0.717) is 0 Å². The lowest BCUT2D eigenvalue weighted by molar-refractivity contribution is -0.137. The van der Waals surface area contributed by atoms with Gasteiger partial charge < -0.3 is 20.1 Å². The molecule has 0 aliphatic heterocycles. The van der Waals surface area contributed by atoms with Crippen LogP contribution in [0.5, 0.6) is 0 Å². The topological polar surface area (TPSA) is 95.9 Å². The van der Waals surface area contributed by atoms with Crippen LogP contribution in [0.25, 0.3) is 0 Å². The largest absolute Gasteiger partial charge is 0.481 e. The van der Waals surface area contributed by atoms with Crippen LogP contribution in [-0.4, -0.2) is 48.7 Å². The maximum Gasteiger partial charge on any atom is 0.340 e. The van der Waals surface area contributed by atoms with Gasteiger partial charge in [-0.2, -0.15) is 0 Å². The molecule has 0 saturated heterocycles. The number of aliphatic carboxylic acids is 1. The third-order valence-corrected chi connectivity index (χ3v) is 3.44. The van der Waals surface area contributed by atoms with E-state index in [0.717, 1.165) is 4.90 Å². The molecular weight excluding hydrogens is 335 g/mol. The zero-order valence-electron chi connectivity index (χ0n) is 11.9. The molecule has 0 aliphatic carbocycles. The van der Waals surface area contributed by atoms with Crippen LogP contribution in [0.3, 0.4) is 0 Å². The van der Waals surface area contributed by atoms with E-state index in [2.05, 4.69) is 10.1 Å². The van der Waals surface area contributed by atoms with Gasteiger partial charge in [-0.05, 0) is 12.1 Å². The summed E-state index contributed by atoms with van der Waals surface area (Å²) in [5.74, 6) is -1.72. The van der Waals surface area contributed by atoms with Crippen molar-refractivity contribution in [1.82, 2.24) is 4.90 Å². The average Bonchev–Trinajstić information content (AvgIpc) is 2.47. The molecule has 0 radical (unpaired) electrons. The van der Waals surface area contributed by atoms with E-state index in [9.17, 15) is 14.4 Å². The Labute approximate surface area is 136 Å². The number of urea groups is 1. The summed E-state index contributed by atoms with van der Waals surface area (Å²) < 4.78 is 4.61. The van der Waals surface area contributed by atoms with Gasteiger partial charge in [0.15, 0.2) is 0 Å². The summed E-state index contributed by atoms with van der Waals surface area (Å²) in [6.45, 7) is 0.00997. The second-order valence-electron chi connectivity index (χ2n) is 4.30. The van der Waals surface area contributed by atoms with Crippen LogP contribution in [0, 0.1) is 0 Å². The molecule has 0 bridgehead atoms. The Morgan fingerprint density at radius 2 is 1.86 bits per heavy atom. The molecule has 0 saturated carbocycles. The van der Waals surface area contributed by atoms with Crippen molar-refractivity contribution in [2.45, 2.75) is 6.42 Å². The van der Waals surface area contributed by atoms with Crippen LogP contribution in [0.4, 0.5) is 10.5 Å². The molecule has 120 valence electrons. The molecule has 1 rings (SSSR count). The van der Waals surface area contributed by atoms with Gasteiger partial charge in [-0.25, -0.2) is 9.59 Å². The first-order chi connectivity index (χ1) is 10.3. The second-order valence-corrected chi connectivity index (χ2v) is 5.11. The number of rotatable bonds is 5. The smallest absolute Gasteiger partial charge is 0.340 e. The average molecular weight is 349 g/mol. The number of amides is 2. The van der Waals surface area contributed by atoms with E-state index in [1.165, 1.54) is 26.3 Å². The SMILES string of the molecule is COC(=O)c1cc(Cl)c(Cl)cc1NC(=O)N(C)CCC(=O)O. The summed E-state index contributed by atoms with van der Waals surface area (Å²) in [6.07, 6.45) is -0.199. The van der Waals surface area contributed by atoms with Crippen molar-refractivity contribution in [2.24, 2.45) is 0 Å². The predicted octanol–water partition coefficient (Wildman–Crippen LogP) is 2.72. The van der Waals surface area contributed by atoms with Crippen LogP contribution < -0.4 is 5.32 Å². The van der Waals surface area contributed by atoms with Gasteiger partial charge in [-0.1, -0.05) is 23.2 Å². The lowest BCUT2D eigenvalue weighted by Crippen LogP contribution is -2.33. The molecule has 0 aliphatic rings. The van der Waals surface area contributed by atoms with Gasteiger partial charge in [0.1, 0.15) is 0 Å². The van der Waals surface area contributed by atoms with E-state index in [-0.39, 0.29) is 34.3 Å². The van der Waals surface area contributed by atoms with Gasteiger partial charge in [0.05, 0.1) is 34.8 Å². The van der Waals surface area contributed by atoms with Crippen molar-refractivity contribution in [3.05, 3.63) is 27.7 Å². The molecule has 0 heterocycles. The van der Waals surface area contributed by atoms with Crippen LogP contribution in [0.15, 0.2) is 12.1 Å². The van der Waals surface area contributed by atoms with E-state index in [1.807, 2.05) is 0 Å². The van der Waals surface area contributed by atoms with Gasteiger partial charge >= 0.3 is 18.0 Å². The minimum absolute atomic E-state index is 0.00997. The van der Waals surface area contributed by atoms with Crippen molar-refractivity contribution in [3.8, 4) is 0 Å². The lowest BCUT2D eigenvalue weighted by atomic mass is 10.2. The number of carboxylic acids is 1. The Morgan fingerprint density at radius 3 is 2.41 bits per heavy atom. The standard InChI is InChI=1S/C13H14Cl2N2O5/c1-17(4-3-11(18)19)13(21)16-10-6-9(15)8(14)5-7(10)12(20)22-2/h5-6H,3-4H2,1-2H3,(H,16,21)(H,18,19). The predicted molar refractivity (Wildman–Crippen MR) is 81.7 cm³/mol. The van der Waals surface area contributed by atoms with Crippen LogP contribution >= 0.6 is 23.2 Å². The van der Waals surface area contributed by atoms with Gasteiger partial charge in [-0.3, -0.25) is 4.79 Å². The number of nitrogens with zero attached hydrogens (tertiary/aromatic N) is 1. The highest BCUT2D eigenvalue weighted by molar-refractivity contribution is 6.42. The Balaban J connectivity index is 2.96. The zero-order chi connectivity index (χ0) is 16.9. The maximum absolute atomic E-state index is 12.0. The normalized spacial score (nSPS) is 10.0. The Hall–Kier alpha value is -1.99. The number of anilines is 1. The van der Waals surface area contributed by atoms with Crippen LogP contribution in [-0.2, 0) is 9.53 Å². The molecule has 9 heteroatoms. The number of hydrogen-bond acceptors (Lipinski definition) is 4. The number of carbonyl (C=O) groups is 3. The third-order valence-electron chi connectivity index (χ3n) is 2.72. The summed E-state index contributed by atoms with van der Waals surface area (Å²) in [5.41, 5.74) is 0.158. The van der Waals surface area contributed by atoms with Crippen molar-refractivity contribution >= 4 is 46.9 Å². The molecule has 2 amide bonds. The monoisotopic (exact) mass is 348 g/mol. The minimum Gasteiger partial charge on any atom is -0.481 e. The molecule has 7 nitrogen and oxygen atoms in total. The quantitative estimate of drug-likeness (QED) is 0.797. The Morgan fingerprint density at radius 1 is 1.27 bits per heavy atom. The number of halogens is 2. The fraction of sp³-hybridized carbons (Fsp3) is 0.308. The van der Waals surface area contributed by atoms with Gasteiger partial charge in [0, 0.05) is 13.6 Å². The molecule has 0 fully saturated rings. The number of hydrogen-bond donors (Lipinski definition) is 2. The second kappa shape index (κ2) is 7.86. The maximum atomic E-state index is 12.0. The summed E-state index contributed by atoms with van der Waals surface area (Å²) >= 11 is 11.7. The van der Waals surface area contributed by atoms with Gasteiger partial charge in [0.2, 0.25) is 0 Å². The van der Waals surface area contributed by atoms with Crippen molar-refractivity contribution in [2.75, 3.05) is 26.0 Å². The van der Waals surface area contributed by atoms with E-state index in [1.54, 1.807) is 0 Å². The molecule has 22 heavy (non-hydrogen) atoms. The first-order valence-corrected chi connectivity index (χ1v) is 6.83. The first kappa shape index (κ1) is 18.1. The van der Waals surface area contributed by atoms with Crippen LogP contribution in [0.2, 0.25) is 10.0 Å². The van der Waals surface area contributed by atoms with Crippen molar-refractivity contribution < 1.29 is 24.2 Å². The lowest BCUT2D eigenvalue weighted by Gasteiger charge is -2.18. The first-order valence-electron chi connectivity index (χ1n) is 6.07. The van der Waals surface area contributed by atoms with Crippen molar-refractivity contribution in [3.63, 3.8) is 0 Å². The molecule has 0 atom stereocenters. The zero-order valence-corrected chi connectivity index (χ0v) is 13.4. The van der Waals surface area contributed by atoms with E-state index >= 15 is 0 Å². The molecule has 2 N–H and O–H groups in total. The molecule has 0 unspecified atom stereocenters. The van der Waals surface area contributed by atoms with E-state index in [4.69, 9.17) is 28.3 Å². The summed E-state index contributed by atoms with van der Waals surface area (Å²) in [6, 6.07) is 2.01.